The molecule has 0 radical (unpaired) electrons. The minimum atomic E-state index is -0.206. The number of methoxy groups -OCH3 is 2. The molecule has 5 heteroatoms. The molecule has 0 unspecified atom stereocenters. The molecule has 0 N–H and O–H groups in total. The molecule has 1 aromatic heterocycles. The summed E-state index contributed by atoms with van der Waals surface area (Å²) >= 11 is 1.75. The first-order valence-electron chi connectivity index (χ1n) is 9.40. The molecule has 2 heterocycles. The van der Waals surface area contributed by atoms with Crippen molar-refractivity contribution >= 4 is 23.0 Å². The average molecular weight is 397 g/mol. The number of fused-ring (bicyclic) bond motifs is 1. The minimum absolute atomic E-state index is 0.206. The number of benzene rings is 2. The highest BCUT2D eigenvalue weighted by Crippen LogP contribution is 2.34. The number of thiazole rings is 1. The van der Waals surface area contributed by atoms with Crippen molar-refractivity contribution in [3.8, 4) is 22.8 Å². The van der Waals surface area contributed by atoms with E-state index >= 15 is 0 Å². The van der Waals surface area contributed by atoms with Gasteiger partial charge in [0.25, 0.3) is 5.01 Å². The third kappa shape index (κ3) is 3.67. The second-order valence-electron chi connectivity index (χ2n) is 6.82. The molecule has 0 fully saturated rings. The van der Waals surface area contributed by atoms with Gasteiger partial charge in [-0.2, -0.15) is 4.57 Å². The lowest BCUT2D eigenvalue weighted by Gasteiger charge is -2.08. The van der Waals surface area contributed by atoms with Gasteiger partial charge in [-0.3, -0.25) is 0 Å². The zero-order valence-corrected chi connectivity index (χ0v) is 16.9. The molecule has 0 bridgehead atoms. The van der Waals surface area contributed by atoms with Gasteiger partial charge in [-0.15, -0.1) is 0 Å². The fourth-order valence-electron chi connectivity index (χ4n) is 3.62. The van der Waals surface area contributed by atoms with Crippen LogP contribution in [0.3, 0.4) is 0 Å². The molecule has 1 aliphatic rings. The zero-order valence-electron chi connectivity index (χ0n) is 16.1. The maximum Gasteiger partial charge on any atom is 0.265 e. The summed E-state index contributed by atoms with van der Waals surface area (Å²) in [4.78, 5) is 0. The summed E-state index contributed by atoms with van der Waals surface area (Å²) in [6.45, 7) is 0.975. The monoisotopic (exact) mass is 396 g/mol. The Morgan fingerprint density at radius 2 is 1.86 bits per heavy atom. The summed E-state index contributed by atoms with van der Waals surface area (Å²) in [5, 5.41) is 3.43. The second-order valence-corrected chi connectivity index (χ2v) is 7.68. The number of ether oxygens (including phenoxy) is 2. The van der Waals surface area contributed by atoms with Gasteiger partial charge in [0, 0.05) is 29.2 Å². The van der Waals surface area contributed by atoms with E-state index in [9.17, 15) is 4.39 Å². The highest BCUT2D eigenvalue weighted by molar-refractivity contribution is 7.10. The molecule has 0 spiro atoms. The summed E-state index contributed by atoms with van der Waals surface area (Å²) in [5.74, 6) is 1.38. The van der Waals surface area contributed by atoms with Crippen LogP contribution < -0.4 is 14.0 Å². The topological polar surface area (TPSA) is 22.3 Å². The molecule has 1 aliphatic heterocycles. The van der Waals surface area contributed by atoms with Crippen molar-refractivity contribution in [2.24, 2.45) is 0 Å². The smallest absolute Gasteiger partial charge is 0.265 e. The van der Waals surface area contributed by atoms with Crippen LogP contribution in [0.25, 0.3) is 22.9 Å². The van der Waals surface area contributed by atoms with E-state index < -0.39 is 0 Å². The van der Waals surface area contributed by atoms with Crippen LogP contribution in [0.4, 0.5) is 4.39 Å². The molecular weight excluding hydrogens is 373 g/mol. The Bertz CT molecular complexity index is 1010. The van der Waals surface area contributed by atoms with E-state index in [1.165, 1.54) is 22.7 Å². The first-order chi connectivity index (χ1) is 13.7. The Balaban J connectivity index is 1.77. The van der Waals surface area contributed by atoms with E-state index in [-0.39, 0.29) is 5.82 Å². The van der Waals surface area contributed by atoms with Crippen molar-refractivity contribution in [3.63, 3.8) is 0 Å². The Labute approximate surface area is 168 Å². The van der Waals surface area contributed by atoms with Crippen LogP contribution in [0.5, 0.6) is 11.5 Å². The number of hydrogen-bond acceptors (Lipinski definition) is 3. The van der Waals surface area contributed by atoms with Crippen LogP contribution in [0, 0.1) is 5.82 Å². The fourth-order valence-corrected chi connectivity index (χ4v) is 4.73. The molecule has 2 aromatic carbocycles. The number of aromatic nitrogens is 1. The quantitative estimate of drug-likeness (QED) is 0.537. The summed E-state index contributed by atoms with van der Waals surface area (Å²) < 4.78 is 26.6. The van der Waals surface area contributed by atoms with Crippen molar-refractivity contribution in [3.05, 3.63) is 64.2 Å². The van der Waals surface area contributed by atoms with E-state index in [0.29, 0.717) is 0 Å². The van der Waals surface area contributed by atoms with E-state index in [1.54, 1.807) is 25.6 Å². The van der Waals surface area contributed by atoms with Gasteiger partial charge in [-0.05, 0) is 55.3 Å². The van der Waals surface area contributed by atoms with Crippen LogP contribution in [0.2, 0.25) is 0 Å². The van der Waals surface area contributed by atoms with Crippen molar-refractivity contribution < 1.29 is 18.4 Å². The van der Waals surface area contributed by atoms with Gasteiger partial charge in [0.1, 0.15) is 17.3 Å². The molecule has 0 atom stereocenters. The maximum atomic E-state index is 13.3. The molecule has 0 saturated heterocycles. The standard InChI is InChI=1S/C23H23FNO2S/c1-26-20-11-8-17(22(14-20)27-2)13-18-5-3-4-12-25-21(15-28-23(18)25)16-6-9-19(24)10-7-16/h6-11,13-15H,3-5,12H2,1-2H3/q+1. The van der Waals surface area contributed by atoms with Gasteiger partial charge in [0.05, 0.1) is 19.6 Å². The molecule has 0 aliphatic carbocycles. The fraction of sp³-hybridized carbons (Fsp3) is 0.261. The third-order valence-corrected chi connectivity index (χ3v) is 6.13. The van der Waals surface area contributed by atoms with E-state index in [4.69, 9.17) is 9.47 Å². The molecule has 28 heavy (non-hydrogen) atoms. The maximum absolute atomic E-state index is 13.3. The van der Waals surface area contributed by atoms with E-state index in [0.717, 1.165) is 54.1 Å². The van der Waals surface area contributed by atoms with Gasteiger partial charge >= 0.3 is 0 Å². The van der Waals surface area contributed by atoms with Crippen LogP contribution in [0.1, 0.15) is 29.8 Å². The summed E-state index contributed by atoms with van der Waals surface area (Å²) in [6, 6.07) is 12.7. The van der Waals surface area contributed by atoms with Crippen molar-refractivity contribution in [2.75, 3.05) is 14.2 Å². The van der Waals surface area contributed by atoms with Crippen LogP contribution in [0.15, 0.2) is 47.8 Å². The normalized spacial score (nSPS) is 15.2. The van der Waals surface area contributed by atoms with Crippen molar-refractivity contribution in [2.45, 2.75) is 25.8 Å². The SMILES string of the molecule is COc1ccc(C=C2CCCC[n+]3c(-c4ccc(F)cc4)csc32)c(OC)c1. The minimum Gasteiger partial charge on any atom is -0.497 e. The predicted molar refractivity (Wildman–Crippen MR) is 111 cm³/mol. The lowest BCUT2D eigenvalue weighted by Crippen LogP contribution is -2.36. The lowest BCUT2D eigenvalue weighted by molar-refractivity contribution is -0.683. The van der Waals surface area contributed by atoms with Gasteiger partial charge < -0.3 is 9.47 Å². The molecule has 0 amide bonds. The van der Waals surface area contributed by atoms with Crippen molar-refractivity contribution in [1.29, 1.82) is 0 Å². The molecular formula is C23H23FNO2S+. The predicted octanol–water partition coefficient (Wildman–Crippen LogP) is 5.58. The van der Waals surface area contributed by atoms with Gasteiger partial charge in [-0.25, -0.2) is 4.39 Å². The highest BCUT2D eigenvalue weighted by atomic mass is 32.1. The first kappa shape index (κ1) is 18.7. The Morgan fingerprint density at radius 1 is 1.04 bits per heavy atom. The largest absolute Gasteiger partial charge is 0.497 e. The van der Waals surface area contributed by atoms with Crippen LogP contribution in [-0.4, -0.2) is 14.2 Å². The Hall–Kier alpha value is -2.66. The van der Waals surface area contributed by atoms with Crippen LogP contribution in [-0.2, 0) is 6.54 Å². The number of halogens is 1. The molecule has 4 rings (SSSR count). The van der Waals surface area contributed by atoms with Gasteiger partial charge in [0.15, 0.2) is 6.54 Å². The molecule has 144 valence electrons. The van der Waals surface area contributed by atoms with Gasteiger partial charge in [-0.1, -0.05) is 11.3 Å². The second kappa shape index (κ2) is 8.15. The van der Waals surface area contributed by atoms with E-state index in [1.807, 2.05) is 30.3 Å². The highest BCUT2D eigenvalue weighted by Gasteiger charge is 2.27. The zero-order chi connectivity index (χ0) is 19.5. The average Bonchev–Trinajstić information content (AvgIpc) is 3.04. The Morgan fingerprint density at radius 3 is 2.61 bits per heavy atom. The number of nitrogens with zero attached hydrogens (tertiary/aromatic N) is 1. The number of allylic oxidation sites excluding steroid dienone is 1. The van der Waals surface area contributed by atoms with Crippen LogP contribution >= 0.6 is 11.3 Å². The summed E-state index contributed by atoms with van der Waals surface area (Å²) in [7, 11) is 3.34. The number of hydrogen-bond donors (Lipinski definition) is 0. The summed E-state index contributed by atoms with van der Waals surface area (Å²) in [5.41, 5.74) is 4.55. The molecule has 0 saturated carbocycles. The molecule has 3 nitrogen and oxygen atoms in total. The van der Waals surface area contributed by atoms with Crippen molar-refractivity contribution in [1.82, 2.24) is 0 Å². The molecule has 3 aromatic rings. The number of rotatable bonds is 4. The first-order valence-corrected chi connectivity index (χ1v) is 10.3. The summed E-state index contributed by atoms with van der Waals surface area (Å²) in [6.07, 6.45) is 5.51. The lowest BCUT2D eigenvalue weighted by atomic mass is 10.1. The third-order valence-electron chi connectivity index (χ3n) is 5.08. The Kier molecular flexibility index (Phi) is 5.44. The van der Waals surface area contributed by atoms with Gasteiger partial charge in [0.2, 0.25) is 5.69 Å². The van der Waals surface area contributed by atoms with E-state index in [2.05, 4.69) is 16.0 Å².